The molecule has 2 amide bonds. The number of carboxylic acid groups (broad SMARTS) is 1. The van der Waals surface area contributed by atoms with Crippen molar-refractivity contribution < 1.29 is 19.4 Å². The highest BCUT2D eigenvalue weighted by Crippen LogP contribution is 2.19. The van der Waals surface area contributed by atoms with E-state index in [9.17, 15) is 9.59 Å². The topological polar surface area (TPSA) is 91.8 Å². The van der Waals surface area contributed by atoms with Gasteiger partial charge >= 0.3 is 12.0 Å². The summed E-state index contributed by atoms with van der Waals surface area (Å²) in [7, 11) is 3.00. The zero-order chi connectivity index (χ0) is 20.9. The van der Waals surface area contributed by atoms with Gasteiger partial charge in [-0.2, -0.15) is 0 Å². The fourth-order valence-corrected chi connectivity index (χ4v) is 2.56. The van der Waals surface area contributed by atoms with Crippen molar-refractivity contribution in [3.8, 4) is 0 Å². The lowest BCUT2D eigenvalue weighted by atomic mass is 10.2. The fourth-order valence-electron chi connectivity index (χ4n) is 1.73. The number of carbonyl (C=O) groups excluding carboxylic acids is 1. The van der Waals surface area contributed by atoms with E-state index in [0.29, 0.717) is 12.5 Å². The number of carbonyl (C=O) groups is 2. The Labute approximate surface area is 161 Å². The van der Waals surface area contributed by atoms with Gasteiger partial charge in [0.25, 0.3) is 0 Å². The van der Waals surface area contributed by atoms with Crippen LogP contribution in [0.5, 0.6) is 0 Å². The van der Waals surface area contributed by atoms with E-state index in [4.69, 9.17) is 9.84 Å². The Hall–Kier alpha value is -1.67. The average molecular weight is 390 g/mol. The summed E-state index contributed by atoms with van der Waals surface area (Å²) in [6, 6.07) is -1.57. The molecule has 7 nitrogen and oxygen atoms in total. The smallest absolute Gasteiger partial charge is 0.328 e. The highest BCUT2D eigenvalue weighted by Gasteiger charge is 2.27. The molecule has 152 valence electrons. The quantitative estimate of drug-likeness (QED) is 0.737. The molecule has 1 heterocycles. The number of thiazole rings is 1. The predicted octanol–water partition coefficient (Wildman–Crippen LogP) is 3.95. The molecule has 8 heteroatoms. The van der Waals surface area contributed by atoms with Crippen molar-refractivity contribution in [2.24, 2.45) is 0 Å². The van der Waals surface area contributed by atoms with Gasteiger partial charge in [0.15, 0.2) is 6.04 Å². The number of ether oxygens (including phenoxy) is 1. The standard InChI is InChI=1S/C14H23N3O4S.2C2H6/c1-8(2)12-15-10(7-22-12)6-17(4)14(20)16-11(13(18)19)9(3)21-5;2*1-2/h7-9,11H,6H2,1-5H3,(H,16,20)(H,18,19);2*1-2H3. The zero-order valence-corrected chi connectivity index (χ0v) is 18.3. The van der Waals surface area contributed by atoms with Gasteiger partial charge in [0, 0.05) is 25.5 Å². The van der Waals surface area contributed by atoms with Crippen LogP contribution in [-0.2, 0) is 16.1 Å². The van der Waals surface area contributed by atoms with E-state index >= 15 is 0 Å². The number of urea groups is 1. The second-order valence-corrected chi connectivity index (χ2v) is 6.28. The number of aliphatic carboxylic acids is 1. The van der Waals surface area contributed by atoms with Crippen LogP contribution in [0, 0.1) is 0 Å². The molecule has 0 radical (unpaired) electrons. The van der Waals surface area contributed by atoms with Crippen molar-refractivity contribution in [2.45, 2.75) is 73.1 Å². The summed E-state index contributed by atoms with van der Waals surface area (Å²) in [5, 5.41) is 14.5. The number of hydrogen-bond donors (Lipinski definition) is 2. The van der Waals surface area contributed by atoms with E-state index in [-0.39, 0.29) is 0 Å². The maximum Gasteiger partial charge on any atom is 0.328 e. The van der Waals surface area contributed by atoms with Crippen LogP contribution < -0.4 is 5.32 Å². The first-order valence-electron chi connectivity index (χ1n) is 8.97. The summed E-state index contributed by atoms with van der Waals surface area (Å²) in [6.45, 7) is 14.0. The van der Waals surface area contributed by atoms with Gasteiger partial charge in [-0.25, -0.2) is 14.6 Å². The number of methoxy groups -OCH3 is 1. The molecule has 0 aliphatic heterocycles. The Morgan fingerprint density at radius 1 is 1.27 bits per heavy atom. The molecule has 2 atom stereocenters. The minimum atomic E-state index is -1.13. The highest BCUT2D eigenvalue weighted by atomic mass is 32.1. The van der Waals surface area contributed by atoms with Gasteiger partial charge in [-0.1, -0.05) is 41.5 Å². The van der Waals surface area contributed by atoms with E-state index in [1.807, 2.05) is 33.1 Å². The molecular weight excluding hydrogens is 354 g/mol. The maximum atomic E-state index is 12.1. The van der Waals surface area contributed by atoms with Crippen LogP contribution in [0.15, 0.2) is 5.38 Å². The largest absolute Gasteiger partial charge is 0.480 e. The van der Waals surface area contributed by atoms with Gasteiger partial charge in [0.1, 0.15) is 0 Å². The van der Waals surface area contributed by atoms with Crippen molar-refractivity contribution in [3.05, 3.63) is 16.1 Å². The molecule has 0 fully saturated rings. The first kappa shape index (κ1) is 26.6. The molecule has 1 rings (SSSR count). The van der Waals surface area contributed by atoms with Gasteiger partial charge in [0.05, 0.1) is 23.4 Å². The van der Waals surface area contributed by atoms with Gasteiger partial charge in [-0.3, -0.25) is 0 Å². The number of hydrogen-bond acceptors (Lipinski definition) is 5. The summed E-state index contributed by atoms with van der Waals surface area (Å²) < 4.78 is 4.98. The molecule has 2 unspecified atom stereocenters. The number of rotatable bonds is 7. The van der Waals surface area contributed by atoms with Crippen molar-refractivity contribution in [2.75, 3.05) is 14.2 Å². The lowest BCUT2D eigenvalue weighted by molar-refractivity contribution is -0.142. The Bertz CT molecular complexity index is 520. The molecule has 0 saturated carbocycles. The van der Waals surface area contributed by atoms with E-state index < -0.39 is 24.1 Å². The van der Waals surface area contributed by atoms with Crippen LogP contribution in [0.25, 0.3) is 0 Å². The third-order valence-electron chi connectivity index (χ3n) is 3.20. The number of aromatic nitrogens is 1. The van der Waals surface area contributed by atoms with Crippen LogP contribution in [0.2, 0.25) is 0 Å². The normalized spacial score (nSPS) is 12.1. The van der Waals surface area contributed by atoms with Gasteiger partial charge in [-0.05, 0) is 6.92 Å². The van der Waals surface area contributed by atoms with E-state index in [2.05, 4.69) is 24.1 Å². The molecule has 0 aromatic carbocycles. The minimum Gasteiger partial charge on any atom is -0.480 e. The first-order chi connectivity index (χ1) is 12.3. The van der Waals surface area contributed by atoms with Crippen molar-refractivity contribution in [3.63, 3.8) is 0 Å². The summed E-state index contributed by atoms with van der Waals surface area (Å²) >= 11 is 1.56. The van der Waals surface area contributed by atoms with Crippen molar-refractivity contribution in [1.82, 2.24) is 15.2 Å². The molecule has 0 aliphatic carbocycles. The summed E-state index contributed by atoms with van der Waals surface area (Å²) in [4.78, 5) is 29.1. The Morgan fingerprint density at radius 2 is 1.81 bits per heavy atom. The third-order valence-corrected chi connectivity index (χ3v) is 4.39. The van der Waals surface area contributed by atoms with Gasteiger partial charge in [0.2, 0.25) is 0 Å². The van der Waals surface area contributed by atoms with Crippen LogP contribution in [0.1, 0.15) is 65.1 Å². The van der Waals surface area contributed by atoms with Crippen molar-refractivity contribution >= 4 is 23.3 Å². The predicted molar refractivity (Wildman–Crippen MR) is 107 cm³/mol. The molecule has 0 spiro atoms. The average Bonchev–Trinajstić information content (AvgIpc) is 3.10. The van der Waals surface area contributed by atoms with Gasteiger partial charge < -0.3 is 20.1 Å². The van der Waals surface area contributed by atoms with Crippen molar-refractivity contribution in [1.29, 1.82) is 0 Å². The number of nitrogens with one attached hydrogen (secondary N) is 1. The first-order valence-corrected chi connectivity index (χ1v) is 9.85. The molecule has 0 bridgehead atoms. The maximum absolute atomic E-state index is 12.1. The SMILES string of the molecule is CC.CC.COC(C)C(NC(=O)N(C)Cc1csc(C(C)C)n1)C(=O)O. The lowest BCUT2D eigenvalue weighted by Crippen LogP contribution is -2.51. The zero-order valence-electron chi connectivity index (χ0n) is 17.5. The molecule has 0 aliphatic rings. The molecule has 1 aromatic heterocycles. The summed E-state index contributed by atoms with van der Waals surface area (Å²) in [5.74, 6) is -0.788. The molecule has 26 heavy (non-hydrogen) atoms. The van der Waals surface area contributed by atoms with E-state index in [1.165, 1.54) is 12.0 Å². The lowest BCUT2D eigenvalue weighted by Gasteiger charge is -2.23. The summed E-state index contributed by atoms with van der Waals surface area (Å²) in [6.07, 6.45) is -0.623. The summed E-state index contributed by atoms with van der Waals surface area (Å²) in [5.41, 5.74) is 0.790. The minimum absolute atomic E-state index is 0.322. The fraction of sp³-hybridized carbons (Fsp3) is 0.722. The van der Waals surface area contributed by atoms with Crippen LogP contribution in [-0.4, -0.2) is 53.3 Å². The molecule has 1 aromatic rings. The highest BCUT2D eigenvalue weighted by molar-refractivity contribution is 7.09. The van der Waals surface area contributed by atoms with Crippen LogP contribution in [0.4, 0.5) is 4.79 Å². The second-order valence-electron chi connectivity index (χ2n) is 5.39. The number of amides is 2. The van der Waals surface area contributed by atoms with E-state index in [1.54, 1.807) is 25.3 Å². The molecular formula is C18H35N3O4S. The van der Waals surface area contributed by atoms with Crippen LogP contribution >= 0.6 is 11.3 Å². The third kappa shape index (κ3) is 9.15. The van der Waals surface area contributed by atoms with E-state index in [0.717, 1.165) is 10.7 Å². The second kappa shape index (κ2) is 14.5. The Kier molecular flexibility index (Phi) is 14.8. The molecule has 2 N–H and O–H groups in total. The monoisotopic (exact) mass is 389 g/mol. The van der Waals surface area contributed by atoms with Gasteiger partial charge in [-0.15, -0.1) is 11.3 Å². The number of nitrogens with zero attached hydrogens (tertiary/aromatic N) is 2. The molecule has 0 saturated heterocycles. The van der Waals surface area contributed by atoms with Crippen LogP contribution in [0.3, 0.4) is 0 Å². The Balaban J connectivity index is 0. The number of carboxylic acids is 1. The Morgan fingerprint density at radius 3 is 2.19 bits per heavy atom.